The molecular weight excluding hydrogens is 357 g/mol. The molecule has 0 atom stereocenters. The Hall–Kier alpha value is -0.640. The molecule has 0 amide bonds. The van der Waals surface area contributed by atoms with E-state index in [-0.39, 0.29) is 12.1 Å². The minimum atomic E-state index is -3.17. The molecule has 1 heterocycles. The summed E-state index contributed by atoms with van der Waals surface area (Å²) in [4.78, 5) is 17.7. The van der Waals surface area contributed by atoms with Crippen LogP contribution in [0.3, 0.4) is 0 Å². The summed E-state index contributed by atoms with van der Waals surface area (Å²) in [6.45, 7) is 3.43. The second kappa shape index (κ2) is 4.92. The Morgan fingerprint density at radius 2 is 2.12 bits per heavy atom. The lowest BCUT2D eigenvalue weighted by atomic mass is 10.2. The Morgan fingerprint density at radius 3 is 2.65 bits per heavy atom. The molecule has 17 heavy (non-hydrogen) atoms. The van der Waals surface area contributed by atoms with Crippen LogP contribution >= 0.6 is 22.6 Å². The van der Waals surface area contributed by atoms with Crippen LogP contribution in [0.15, 0.2) is 11.1 Å². The Balaban J connectivity index is 2.89. The molecule has 1 rings (SSSR count). The van der Waals surface area contributed by atoms with Gasteiger partial charge in [0.2, 0.25) is 0 Å². The van der Waals surface area contributed by atoms with Crippen LogP contribution < -0.4 is 10.9 Å². The third kappa shape index (κ3) is 3.41. The number of hydrogen-bond donors (Lipinski definition) is 2. The Labute approximate surface area is 113 Å². The molecule has 0 spiro atoms. The number of halogens is 1. The molecule has 0 bridgehead atoms. The van der Waals surface area contributed by atoms with E-state index in [2.05, 4.69) is 15.3 Å². The highest BCUT2D eigenvalue weighted by atomic mass is 127. The van der Waals surface area contributed by atoms with Crippen molar-refractivity contribution in [1.82, 2.24) is 9.97 Å². The van der Waals surface area contributed by atoms with Crippen LogP contribution in [0, 0.1) is 3.57 Å². The van der Waals surface area contributed by atoms with Gasteiger partial charge in [-0.15, -0.1) is 0 Å². The fourth-order valence-corrected chi connectivity index (χ4v) is 1.75. The maximum Gasteiger partial charge on any atom is 0.266 e. The first-order valence-corrected chi connectivity index (χ1v) is 7.79. The highest BCUT2D eigenvalue weighted by molar-refractivity contribution is 14.1. The number of aromatic nitrogens is 2. The summed E-state index contributed by atoms with van der Waals surface area (Å²) in [6, 6.07) is 0. The predicted octanol–water partition coefficient (Wildman–Crippen LogP) is 0.610. The quantitative estimate of drug-likeness (QED) is 0.757. The first-order chi connectivity index (χ1) is 7.65. The molecule has 0 radical (unpaired) electrons. The zero-order valence-electron chi connectivity index (χ0n) is 9.74. The van der Waals surface area contributed by atoms with Crippen molar-refractivity contribution in [3.05, 3.63) is 20.3 Å². The average molecular weight is 371 g/mol. The number of rotatable bonds is 4. The number of H-pyrrole nitrogens is 1. The molecule has 1 aromatic rings. The van der Waals surface area contributed by atoms with Crippen LogP contribution in [0.4, 0.5) is 5.82 Å². The molecule has 0 aliphatic carbocycles. The average Bonchev–Trinajstić information content (AvgIpc) is 2.18. The summed E-state index contributed by atoms with van der Waals surface area (Å²) >= 11 is 1.86. The van der Waals surface area contributed by atoms with Gasteiger partial charge in [0.1, 0.15) is 9.39 Å². The Morgan fingerprint density at radius 1 is 1.53 bits per heavy atom. The van der Waals surface area contributed by atoms with Crippen molar-refractivity contribution < 1.29 is 8.42 Å². The highest BCUT2D eigenvalue weighted by Crippen LogP contribution is 2.17. The van der Waals surface area contributed by atoms with Gasteiger partial charge in [0, 0.05) is 12.8 Å². The molecule has 0 aliphatic rings. The highest BCUT2D eigenvalue weighted by Gasteiger charge is 2.30. The maximum atomic E-state index is 11.5. The lowest BCUT2D eigenvalue weighted by Gasteiger charge is -2.23. The van der Waals surface area contributed by atoms with Crippen molar-refractivity contribution in [2.24, 2.45) is 0 Å². The molecule has 0 aliphatic heterocycles. The van der Waals surface area contributed by atoms with E-state index in [0.717, 1.165) is 0 Å². The first-order valence-electron chi connectivity index (χ1n) is 4.82. The van der Waals surface area contributed by atoms with Gasteiger partial charge >= 0.3 is 0 Å². The summed E-state index contributed by atoms with van der Waals surface area (Å²) in [5.74, 6) is 0.395. The molecule has 1 aromatic heterocycles. The monoisotopic (exact) mass is 371 g/mol. The van der Waals surface area contributed by atoms with Crippen molar-refractivity contribution in [2.45, 2.75) is 18.6 Å². The summed E-state index contributed by atoms with van der Waals surface area (Å²) in [5.41, 5.74) is -0.250. The van der Waals surface area contributed by atoms with Crippen LogP contribution in [-0.4, -0.2) is 35.9 Å². The van der Waals surface area contributed by atoms with E-state index >= 15 is 0 Å². The van der Waals surface area contributed by atoms with Gasteiger partial charge in [0.25, 0.3) is 5.56 Å². The SMILES string of the molecule is CC(C)(CNc1nc[nH]c(=O)c1I)S(C)(=O)=O. The number of nitrogens with zero attached hydrogens (tertiary/aromatic N) is 1. The van der Waals surface area contributed by atoms with E-state index in [0.29, 0.717) is 9.39 Å². The minimum Gasteiger partial charge on any atom is -0.367 e. The second-order valence-corrected chi connectivity index (χ2v) is 8.01. The van der Waals surface area contributed by atoms with E-state index < -0.39 is 14.6 Å². The zero-order chi connectivity index (χ0) is 13.3. The van der Waals surface area contributed by atoms with Gasteiger partial charge in [-0.2, -0.15) is 0 Å². The van der Waals surface area contributed by atoms with Crippen molar-refractivity contribution >= 4 is 38.2 Å². The minimum absolute atomic E-state index is 0.193. The number of anilines is 1. The number of sulfone groups is 1. The number of aromatic amines is 1. The molecule has 96 valence electrons. The van der Waals surface area contributed by atoms with Crippen LogP contribution in [0.5, 0.6) is 0 Å². The van der Waals surface area contributed by atoms with Crippen molar-refractivity contribution in [1.29, 1.82) is 0 Å². The largest absolute Gasteiger partial charge is 0.367 e. The standard InChI is InChI=1S/C9H14IN3O3S/c1-9(2,17(3,15)16)4-11-7-6(10)8(14)13-5-12-7/h5H,4H2,1-3H3,(H2,11,12,13,14). The topological polar surface area (TPSA) is 91.9 Å². The van der Waals surface area contributed by atoms with Crippen molar-refractivity contribution in [3.63, 3.8) is 0 Å². The van der Waals surface area contributed by atoms with E-state index in [1.165, 1.54) is 12.6 Å². The van der Waals surface area contributed by atoms with Gasteiger partial charge in [-0.1, -0.05) is 0 Å². The molecular formula is C9H14IN3O3S. The predicted molar refractivity (Wildman–Crippen MR) is 75.0 cm³/mol. The lowest BCUT2D eigenvalue weighted by molar-refractivity contribution is 0.559. The Bertz CT molecular complexity index is 565. The van der Waals surface area contributed by atoms with E-state index in [1.807, 2.05) is 22.6 Å². The number of hydrogen-bond acceptors (Lipinski definition) is 5. The number of nitrogens with one attached hydrogen (secondary N) is 2. The normalized spacial score (nSPS) is 12.5. The van der Waals surface area contributed by atoms with Gasteiger partial charge < -0.3 is 10.3 Å². The first kappa shape index (κ1) is 14.4. The smallest absolute Gasteiger partial charge is 0.266 e. The van der Waals surface area contributed by atoms with Gasteiger partial charge in [0.05, 0.1) is 11.1 Å². The summed E-state index contributed by atoms with van der Waals surface area (Å²) in [5, 5.41) is 2.88. The third-order valence-electron chi connectivity index (χ3n) is 2.48. The molecule has 0 fully saturated rings. The van der Waals surface area contributed by atoms with Gasteiger partial charge in [-0.05, 0) is 36.4 Å². The molecule has 0 saturated heterocycles. The molecule has 6 nitrogen and oxygen atoms in total. The summed E-state index contributed by atoms with van der Waals surface area (Å²) in [7, 11) is -3.17. The van der Waals surface area contributed by atoms with Gasteiger partial charge in [-0.3, -0.25) is 4.79 Å². The maximum absolute atomic E-state index is 11.5. The molecule has 2 N–H and O–H groups in total. The van der Waals surface area contributed by atoms with Crippen LogP contribution in [0.25, 0.3) is 0 Å². The zero-order valence-corrected chi connectivity index (χ0v) is 12.7. The summed E-state index contributed by atoms with van der Waals surface area (Å²) in [6.07, 6.45) is 2.46. The fraction of sp³-hybridized carbons (Fsp3) is 0.556. The molecule has 0 saturated carbocycles. The van der Waals surface area contributed by atoms with E-state index in [4.69, 9.17) is 0 Å². The molecule has 0 unspecified atom stereocenters. The molecule has 8 heteroatoms. The van der Waals surface area contributed by atoms with Gasteiger partial charge in [0.15, 0.2) is 9.84 Å². The van der Waals surface area contributed by atoms with Crippen LogP contribution in [0.1, 0.15) is 13.8 Å². The van der Waals surface area contributed by atoms with E-state index in [1.54, 1.807) is 13.8 Å². The summed E-state index contributed by atoms with van der Waals surface area (Å²) < 4.78 is 22.5. The van der Waals surface area contributed by atoms with Crippen molar-refractivity contribution in [2.75, 3.05) is 18.1 Å². The fourth-order valence-electron chi connectivity index (χ4n) is 0.934. The molecule has 0 aromatic carbocycles. The third-order valence-corrected chi connectivity index (χ3v) is 5.63. The van der Waals surface area contributed by atoms with Crippen molar-refractivity contribution in [3.8, 4) is 0 Å². The van der Waals surface area contributed by atoms with Gasteiger partial charge in [-0.25, -0.2) is 13.4 Å². The van der Waals surface area contributed by atoms with Crippen LogP contribution in [0.2, 0.25) is 0 Å². The Kier molecular flexibility index (Phi) is 4.18. The van der Waals surface area contributed by atoms with E-state index in [9.17, 15) is 13.2 Å². The lowest BCUT2D eigenvalue weighted by Crippen LogP contribution is -2.38. The second-order valence-electron chi connectivity index (χ2n) is 4.28. The van der Waals surface area contributed by atoms with Crippen LogP contribution in [-0.2, 0) is 9.84 Å².